The van der Waals surface area contributed by atoms with E-state index in [1.807, 2.05) is 4.90 Å². The van der Waals surface area contributed by atoms with Gasteiger partial charge in [0.1, 0.15) is 0 Å². The zero-order chi connectivity index (χ0) is 17.5. The van der Waals surface area contributed by atoms with E-state index in [0.717, 1.165) is 25.9 Å². The lowest BCUT2D eigenvalue weighted by Crippen LogP contribution is -2.49. The minimum absolute atomic E-state index is 0.0374. The number of nitrogens with zero attached hydrogens (tertiary/aromatic N) is 4. The highest BCUT2D eigenvalue weighted by molar-refractivity contribution is 5.79. The molecule has 1 unspecified atom stereocenters. The molecule has 1 aliphatic heterocycles. The van der Waals surface area contributed by atoms with Crippen LogP contribution in [0.25, 0.3) is 0 Å². The van der Waals surface area contributed by atoms with Crippen LogP contribution < -0.4 is 10.2 Å². The van der Waals surface area contributed by atoms with Crippen molar-refractivity contribution in [3.8, 4) is 0 Å². The average molecular weight is 343 g/mol. The first-order valence-electron chi connectivity index (χ1n) is 8.95. The molecule has 2 amide bonds. The fraction of sp³-hybridized carbons (Fsp3) is 0.556. The first-order valence-corrected chi connectivity index (χ1v) is 8.95. The molecular weight excluding hydrogens is 318 g/mol. The highest BCUT2D eigenvalue weighted by Crippen LogP contribution is 2.19. The van der Waals surface area contributed by atoms with Crippen molar-refractivity contribution >= 4 is 17.8 Å². The van der Waals surface area contributed by atoms with Crippen molar-refractivity contribution in [3.63, 3.8) is 0 Å². The normalized spacial score (nSPS) is 19.9. The monoisotopic (exact) mass is 343 g/mol. The zero-order valence-electron chi connectivity index (χ0n) is 14.4. The molecule has 1 atom stereocenters. The number of hydrogen-bond donors (Lipinski definition) is 1. The summed E-state index contributed by atoms with van der Waals surface area (Å²) >= 11 is 0. The maximum absolute atomic E-state index is 12.3. The second-order valence-electron chi connectivity index (χ2n) is 6.49. The van der Waals surface area contributed by atoms with Gasteiger partial charge in [-0.3, -0.25) is 9.59 Å². The van der Waals surface area contributed by atoms with Crippen LogP contribution >= 0.6 is 0 Å². The molecule has 7 nitrogen and oxygen atoms in total. The van der Waals surface area contributed by atoms with Crippen LogP contribution in [0.4, 0.5) is 5.95 Å². The summed E-state index contributed by atoms with van der Waals surface area (Å²) in [6, 6.07) is 1.79. The SMILES string of the molecule is O=C(CC1C=CCC1)NCCC(=O)N1CCN(c2ncccn2)CC1. The predicted molar refractivity (Wildman–Crippen MR) is 94.9 cm³/mol. The first-order chi connectivity index (χ1) is 12.2. The molecule has 3 rings (SSSR count). The van der Waals surface area contributed by atoms with Crippen LogP contribution in [0, 0.1) is 5.92 Å². The van der Waals surface area contributed by atoms with Crippen LogP contribution in [0.2, 0.25) is 0 Å². The fourth-order valence-corrected chi connectivity index (χ4v) is 3.25. The number of allylic oxidation sites excluding steroid dienone is 2. The van der Waals surface area contributed by atoms with Crippen molar-refractivity contribution < 1.29 is 9.59 Å². The second-order valence-corrected chi connectivity index (χ2v) is 6.49. The smallest absolute Gasteiger partial charge is 0.225 e. The van der Waals surface area contributed by atoms with Crippen molar-refractivity contribution in [1.29, 1.82) is 0 Å². The van der Waals surface area contributed by atoms with E-state index in [0.29, 0.717) is 44.3 Å². The molecule has 0 bridgehead atoms. The molecule has 134 valence electrons. The van der Waals surface area contributed by atoms with Crippen LogP contribution in [0.5, 0.6) is 0 Å². The van der Waals surface area contributed by atoms with Gasteiger partial charge in [0.15, 0.2) is 0 Å². The number of rotatable bonds is 6. The number of hydrogen-bond acceptors (Lipinski definition) is 5. The molecule has 1 N–H and O–H groups in total. The van der Waals surface area contributed by atoms with E-state index in [4.69, 9.17) is 0 Å². The van der Waals surface area contributed by atoms with E-state index in [1.165, 1.54) is 0 Å². The Morgan fingerprint density at radius 2 is 1.92 bits per heavy atom. The molecule has 1 aromatic rings. The molecule has 0 saturated carbocycles. The lowest BCUT2D eigenvalue weighted by molar-refractivity contribution is -0.131. The summed E-state index contributed by atoms with van der Waals surface area (Å²) in [6.07, 6.45) is 10.7. The number of anilines is 1. The van der Waals surface area contributed by atoms with Gasteiger partial charge in [0.2, 0.25) is 17.8 Å². The van der Waals surface area contributed by atoms with E-state index in [2.05, 4.69) is 32.3 Å². The lowest BCUT2D eigenvalue weighted by atomic mass is 10.1. The van der Waals surface area contributed by atoms with Crippen LogP contribution in [0.1, 0.15) is 25.7 Å². The van der Waals surface area contributed by atoms with Crippen LogP contribution in [-0.2, 0) is 9.59 Å². The van der Waals surface area contributed by atoms with Crippen molar-refractivity contribution in [1.82, 2.24) is 20.2 Å². The summed E-state index contributed by atoms with van der Waals surface area (Å²) in [5, 5.41) is 2.86. The summed E-state index contributed by atoms with van der Waals surface area (Å²) in [5.41, 5.74) is 0. The van der Waals surface area contributed by atoms with Gasteiger partial charge in [-0.05, 0) is 24.8 Å². The number of aromatic nitrogens is 2. The zero-order valence-corrected chi connectivity index (χ0v) is 14.4. The maximum atomic E-state index is 12.3. The summed E-state index contributed by atoms with van der Waals surface area (Å²) in [5.74, 6) is 1.21. The Kier molecular flexibility index (Phi) is 5.98. The highest BCUT2D eigenvalue weighted by atomic mass is 16.2. The fourth-order valence-electron chi connectivity index (χ4n) is 3.25. The molecule has 0 spiro atoms. The maximum Gasteiger partial charge on any atom is 0.225 e. The molecule has 0 radical (unpaired) electrons. The Morgan fingerprint density at radius 1 is 1.16 bits per heavy atom. The van der Waals surface area contributed by atoms with E-state index < -0.39 is 0 Å². The van der Waals surface area contributed by atoms with E-state index in [9.17, 15) is 9.59 Å². The Bertz CT molecular complexity index is 611. The van der Waals surface area contributed by atoms with Gasteiger partial charge in [-0.15, -0.1) is 0 Å². The van der Waals surface area contributed by atoms with Gasteiger partial charge in [-0.1, -0.05) is 12.2 Å². The number of carbonyl (C=O) groups excluding carboxylic acids is 2. The van der Waals surface area contributed by atoms with Crippen LogP contribution in [0.15, 0.2) is 30.6 Å². The molecule has 1 aliphatic carbocycles. The summed E-state index contributed by atoms with van der Waals surface area (Å²) in [7, 11) is 0. The highest BCUT2D eigenvalue weighted by Gasteiger charge is 2.22. The van der Waals surface area contributed by atoms with Crippen LogP contribution in [-0.4, -0.2) is 59.4 Å². The molecule has 7 heteroatoms. The van der Waals surface area contributed by atoms with Crippen molar-refractivity contribution in [2.24, 2.45) is 5.92 Å². The third-order valence-electron chi connectivity index (χ3n) is 4.69. The Hall–Kier alpha value is -2.44. The quantitative estimate of drug-likeness (QED) is 0.779. The van der Waals surface area contributed by atoms with E-state index in [-0.39, 0.29) is 11.8 Å². The number of piperazine rings is 1. The Balaban J connectivity index is 1.34. The van der Waals surface area contributed by atoms with Gasteiger partial charge < -0.3 is 15.1 Å². The van der Waals surface area contributed by atoms with Crippen molar-refractivity contribution in [3.05, 3.63) is 30.6 Å². The van der Waals surface area contributed by atoms with Gasteiger partial charge in [-0.2, -0.15) is 0 Å². The molecule has 1 saturated heterocycles. The van der Waals surface area contributed by atoms with Crippen LogP contribution in [0.3, 0.4) is 0 Å². The lowest BCUT2D eigenvalue weighted by Gasteiger charge is -2.34. The Labute approximate surface area is 148 Å². The van der Waals surface area contributed by atoms with Gasteiger partial charge in [0.25, 0.3) is 0 Å². The standard InChI is InChI=1S/C18H25N5O2/c24-16(14-15-4-1-2-5-15)19-9-6-17(25)22-10-12-23(13-11-22)18-20-7-3-8-21-18/h1,3-4,7-8,15H,2,5-6,9-14H2,(H,19,24). The van der Waals surface area contributed by atoms with Gasteiger partial charge in [0, 0.05) is 58.0 Å². The number of carbonyl (C=O) groups is 2. The summed E-state index contributed by atoms with van der Waals surface area (Å²) in [4.78, 5) is 36.6. The average Bonchev–Trinajstić information content (AvgIpc) is 3.15. The molecule has 1 aromatic heterocycles. The van der Waals surface area contributed by atoms with Gasteiger partial charge in [-0.25, -0.2) is 9.97 Å². The predicted octanol–water partition coefficient (Wildman–Crippen LogP) is 0.988. The molecule has 25 heavy (non-hydrogen) atoms. The third-order valence-corrected chi connectivity index (χ3v) is 4.69. The molecule has 1 fully saturated rings. The minimum Gasteiger partial charge on any atom is -0.356 e. The first kappa shape index (κ1) is 17.4. The van der Waals surface area contributed by atoms with Gasteiger partial charge >= 0.3 is 0 Å². The van der Waals surface area contributed by atoms with E-state index in [1.54, 1.807) is 18.5 Å². The molecule has 0 aromatic carbocycles. The minimum atomic E-state index is 0.0374. The molecule has 2 aliphatic rings. The summed E-state index contributed by atoms with van der Waals surface area (Å²) < 4.78 is 0. The largest absolute Gasteiger partial charge is 0.356 e. The Morgan fingerprint density at radius 3 is 2.60 bits per heavy atom. The van der Waals surface area contributed by atoms with Gasteiger partial charge in [0.05, 0.1) is 0 Å². The number of nitrogens with one attached hydrogen (secondary N) is 1. The molecule has 2 heterocycles. The topological polar surface area (TPSA) is 78.4 Å². The van der Waals surface area contributed by atoms with E-state index >= 15 is 0 Å². The van der Waals surface area contributed by atoms with Crippen molar-refractivity contribution in [2.75, 3.05) is 37.6 Å². The number of amides is 2. The third kappa shape index (κ3) is 5.01. The molecular formula is C18H25N5O2. The van der Waals surface area contributed by atoms with Crippen molar-refractivity contribution in [2.45, 2.75) is 25.7 Å². The summed E-state index contributed by atoms with van der Waals surface area (Å²) in [6.45, 7) is 3.21. The second kappa shape index (κ2) is 8.60.